The lowest BCUT2D eigenvalue weighted by molar-refractivity contribution is 0.0690. The number of hydrogen-bond donors (Lipinski definition) is 1. The lowest BCUT2D eigenvalue weighted by Gasteiger charge is -2.09. The summed E-state index contributed by atoms with van der Waals surface area (Å²) in [5.74, 6) is -1.49. The van der Waals surface area contributed by atoms with Crippen LogP contribution in [0.5, 0.6) is 0 Å². The summed E-state index contributed by atoms with van der Waals surface area (Å²) in [4.78, 5) is 15.8. The molecule has 0 atom stereocenters. The molecule has 1 N–H and O–H groups in total. The summed E-state index contributed by atoms with van der Waals surface area (Å²) in [5, 5.41) is 13.9. The second-order valence-corrected chi connectivity index (χ2v) is 6.09. The molecule has 0 bridgehead atoms. The molecule has 2 aromatic heterocycles. The first-order chi connectivity index (χ1) is 12.5. The molecule has 7 heteroatoms. The second-order valence-electron chi connectivity index (χ2n) is 5.65. The fourth-order valence-electron chi connectivity index (χ4n) is 2.70. The number of nitrogens with zero attached hydrogens (tertiary/aromatic N) is 3. The molecule has 0 spiro atoms. The first-order valence-electron chi connectivity index (χ1n) is 7.67. The van der Waals surface area contributed by atoms with Gasteiger partial charge in [-0.25, -0.2) is 18.7 Å². The largest absolute Gasteiger partial charge is 0.476 e. The lowest BCUT2D eigenvalue weighted by atomic mass is 10.1. The number of carbonyl (C=O) groups is 1. The number of aromatic nitrogens is 3. The van der Waals surface area contributed by atoms with Crippen LogP contribution in [-0.2, 0) is 0 Å². The Morgan fingerprint density at radius 2 is 1.81 bits per heavy atom. The molecule has 0 amide bonds. The smallest absolute Gasteiger partial charge is 0.356 e. The van der Waals surface area contributed by atoms with Gasteiger partial charge >= 0.3 is 5.97 Å². The van der Waals surface area contributed by atoms with Crippen molar-refractivity contribution in [3.05, 3.63) is 77.2 Å². The van der Waals surface area contributed by atoms with Gasteiger partial charge in [0.15, 0.2) is 11.3 Å². The molecule has 5 nitrogen and oxygen atoms in total. The fraction of sp³-hybridized carbons (Fsp3) is 0. The summed E-state index contributed by atoms with van der Waals surface area (Å²) < 4.78 is 14.7. The van der Waals surface area contributed by atoms with Gasteiger partial charge in [-0.2, -0.15) is 5.10 Å². The molecule has 2 aromatic carbocycles. The van der Waals surface area contributed by atoms with Crippen LogP contribution in [0.3, 0.4) is 0 Å². The van der Waals surface area contributed by atoms with Crippen molar-refractivity contribution in [3.63, 3.8) is 0 Å². The minimum Gasteiger partial charge on any atom is -0.476 e. The van der Waals surface area contributed by atoms with Crippen LogP contribution < -0.4 is 0 Å². The first kappa shape index (κ1) is 16.2. The Bertz CT molecular complexity index is 1140. The van der Waals surface area contributed by atoms with Gasteiger partial charge in [0.2, 0.25) is 0 Å². The van der Waals surface area contributed by atoms with Crippen molar-refractivity contribution in [2.24, 2.45) is 0 Å². The third-order valence-corrected chi connectivity index (χ3v) is 4.14. The predicted octanol–water partition coefficient (Wildman–Crippen LogP) is 4.55. The minimum absolute atomic E-state index is 0.114. The predicted molar refractivity (Wildman–Crippen MR) is 95.8 cm³/mol. The Labute approximate surface area is 152 Å². The number of aromatic carboxylic acids is 1. The highest BCUT2D eigenvalue weighted by Crippen LogP contribution is 2.28. The zero-order chi connectivity index (χ0) is 18.3. The summed E-state index contributed by atoms with van der Waals surface area (Å²) in [6.45, 7) is 0. The maximum absolute atomic E-state index is 13.2. The average molecular weight is 368 g/mol. The molecule has 0 saturated heterocycles. The van der Waals surface area contributed by atoms with Gasteiger partial charge < -0.3 is 5.11 Å². The highest BCUT2D eigenvalue weighted by atomic mass is 35.5. The van der Waals surface area contributed by atoms with Crippen molar-refractivity contribution in [2.75, 3.05) is 0 Å². The van der Waals surface area contributed by atoms with Crippen LogP contribution in [0.1, 0.15) is 10.5 Å². The normalized spacial score (nSPS) is 11.0. The van der Waals surface area contributed by atoms with E-state index in [2.05, 4.69) is 10.1 Å². The van der Waals surface area contributed by atoms with Crippen molar-refractivity contribution in [3.8, 4) is 22.5 Å². The number of rotatable bonds is 3. The van der Waals surface area contributed by atoms with Crippen molar-refractivity contribution in [2.45, 2.75) is 0 Å². The van der Waals surface area contributed by atoms with Gasteiger partial charge in [0.05, 0.1) is 11.4 Å². The number of fused-ring (bicyclic) bond motifs is 1. The number of halogens is 2. The molecule has 0 aliphatic rings. The monoisotopic (exact) mass is 367 g/mol. The maximum atomic E-state index is 13.2. The van der Waals surface area contributed by atoms with E-state index >= 15 is 0 Å². The molecule has 2 heterocycles. The zero-order valence-corrected chi connectivity index (χ0v) is 14.0. The van der Waals surface area contributed by atoms with E-state index in [0.29, 0.717) is 27.6 Å². The second kappa shape index (κ2) is 6.24. The van der Waals surface area contributed by atoms with Crippen LogP contribution in [0, 0.1) is 5.82 Å². The third kappa shape index (κ3) is 2.91. The van der Waals surface area contributed by atoms with E-state index in [0.717, 1.165) is 5.56 Å². The van der Waals surface area contributed by atoms with E-state index in [4.69, 9.17) is 11.6 Å². The Hall–Kier alpha value is -3.25. The fourth-order valence-corrected chi connectivity index (χ4v) is 2.89. The molecular weight excluding hydrogens is 357 g/mol. The topological polar surface area (TPSA) is 67.5 Å². The summed E-state index contributed by atoms with van der Waals surface area (Å²) in [6.07, 6.45) is 0. The highest BCUT2D eigenvalue weighted by Gasteiger charge is 2.15. The molecule has 0 aliphatic heterocycles. The van der Waals surface area contributed by atoms with Crippen LogP contribution in [-0.4, -0.2) is 25.7 Å². The van der Waals surface area contributed by atoms with Crippen molar-refractivity contribution in [1.82, 2.24) is 14.6 Å². The van der Waals surface area contributed by atoms with Gasteiger partial charge in [0.25, 0.3) is 0 Å². The van der Waals surface area contributed by atoms with Crippen LogP contribution >= 0.6 is 11.6 Å². The molecule has 0 fully saturated rings. The van der Waals surface area contributed by atoms with Crippen molar-refractivity contribution < 1.29 is 14.3 Å². The Morgan fingerprint density at radius 3 is 2.50 bits per heavy atom. The van der Waals surface area contributed by atoms with E-state index in [1.165, 1.54) is 22.7 Å². The number of hydrogen-bond acceptors (Lipinski definition) is 3. The maximum Gasteiger partial charge on any atom is 0.356 e. The molecule has 0 aliphatic carbocycles. The molecule has 4 aromatic rings. The van der Waals surface area contributed by atoms with E-state index in [1.54, 1.807) is 36.4 Å². The van der Waals surface area contributed by atoms with Gasteiger partial charge in [-0.05, 0) is 42.5 Å². The molecule has 0 radical (unpaired) electrons. The minimum atomic E-state index is -1.14. The van der Waals surface area contributed by atoms with Crippen molar-refractivity contribution in [1.29, 1.82) is 0 Å². The van der Waals surface area contributed by atoms with Crippen LogP contribution in [0.4, 0.5) is 4.39 Å². The van der Waals surface area contributed by atoms with Crippen LogP contribution in [0.25, 0.3) is 28.2 Å². The molecule has 26 heavy (non-hydrogen) atoms. The van der Waals surface area contributed by atoms with E-state index in [-0.39, 0.29) is 11.5 Å². The lowest BCUT2D eigenvalue weighted by Crippen LogP contribution is -2.01. The summed E-state index contributed by atoms with van der Waals surface area (Å²) >= 11 is 6.09. The third-order valence-electron chi connectivity index (χ3n) is 3.91. The van der Waals surface area contributed by atoms with E-state index in [1.807, 2.05) is 6.07 Å². The average Bonchev–Trinajstić information content (AvgIpc) is 3.06. The highest BCUT2D eigenvalue weighted by molar-refractivity contribution is 6.30. The van der Waals surface area contributed by atoms with Gasteiger partial charge in [-0.15, -0.1) is 0 Å². The Balaban J connectivity index is 2.00. The number of benzene rings is 2. The summed E-state index contributed by atoms with van der Waals surface area (Å²) in [7, 11) is 0. The van der Waals surface area contributed by atoms with Gasteiger partial charge in [0.1, 0.15) is 5.82 Å². The van der Waals surface area contributed by atoms with Crippen LogP contribution in [0.15, 0.2) is 60.7 Å². The SMILES string of the molecule is O=C(O)c1cc2nc(-c3ccc(F)cc3)cc(-c3cccc(Cl)c3)n2n1. The van der Waals surface area contributed by atoms with E-state index < -0.39 is 5.97 Å². The zero-order valence-electron chi connectivity index (χ0n) is 13.2. The molecule has 4 rings (SSSR count). The van der Waals surface area contributed by atoms with E-state index in [9.17, 15) is 14.3 Å². The van der Waals surface area contributed by atoms with Gasteiger partial charge in [-0.1, -0.05) is 23.7 Å². The molecule has 0 saturated carbocycles. The molecular formula is C19H11ClFN3O2. The number of carboxylic acids is 1. The van der Waals surface area contributed by atoms with Crippen LogP contribution in [0.2, 0.25) is 5.02 Å². The molecule has 128 valence electrons. The Kier molecular flexibility index (Phi) is 3.89. The standard InChI is InChI=1S/C19H11ClFN3O2/c20-13-3-1-2-12(8-13)17-9-15(11-4-6-14(21)7-5-11)22-18-10-16(19(25)26)23-24(17)18/h1-10H,(H,25,26). The van der Waals surface area contributed by atoms with Gasteiger partial charge in [0, 0.05) is 22.2 Å². The molecule has 0 unspecified atom stereocenters. The summed E-state index contributed by atoms with van der Waals surface area (Å²) in [5.41, 5.74) is 2.92. The first-order valence-corrected chi connectivity index (χ1v) is 8.05. The Morgan fingerprint density at radius 1 is 1.04 bits per heavy atom. The number of carboxylic acid groups (broad SMARTS) is 1. The van der Waals surface area contributed by atoms with Gasteiger partial charge in [-0.3, -0.25) is 0 Å². The van der Waals surface area contributed by atoms with Crippen molar-refractivity contribution >= 4 is 23.2 Å². The quantitative estimate of drug-likeness (QED) is 0.576. The summed E-state index contributed by atoms with van der Waals surface area (Å²) in [6, 6.07) is 16.2.